The van der Waals surface area contributed by atoms with Gasteiger partial charge in [-0.2, -0.15) is 5.10 Å². The summed E-state index contributed by atoms with van der Waals surface area (Å²) in [6, 6.07) is 15.4. The molecule has 0 aliphatic carbocycles. The highest BCUT2D eigenvalue weighted by Crippen LogP contribution is 2.23. The molecule has 0 saturated heterocycles. The number of carbonyl (C=O) groups excluding carboxylic acids is 1. The maximum atomic E-state index is 13.0. The van der Waals surface area contributed by atoms with Gasteiger partial charge in [0.2, 0.25) is 5.91 Å². The average Bonchev–Trinajstić information content (AvgIpc) is 2.98. The van der Waals surface area contributed by atoms with Gasteiger partial charge in [-0.15, -0.1) is 0 Å². The third kappa shape index (κ3) is 5.15. The molecule has 0 aliphatic heterocycles. The second-order valence-corrected chi connectivity index (χ2v) is 6.83. The Morgan fingerprint density at radius 3 is 2.52 bits per heavy atom. The van der Waals surface area contributed by atoms with E-state index < -0.39 is 0 Å². The normalized spacial score (nSPS) is 11.0. The molecule has 0 fully saturated rings. The number of amides is 1. The van der Waals surface area contributed by atoms with Gasteiger partial charge in [0.15, 0.2) is 0 Å². The van der Waals surface area contributed by atoms with Crippen LogP contribution in [0.1, 0.15) is 5.56 Å². The fraction of sp³-hybridized carbons (Fsp3) is 0.200. The van der Waals surface area contributed by atoms with Crippen LogP contribution in [0.25, 0.3) is 11.3 Å². The predicted octanol–water partition coefficient (Wildman–Crippen LogP) is 3.95. The highest BCUT2D eigenvalue weighted by atomic mass is 35.5. The lowest BCUT2D eigenvalue weighted by molar-refractivity contribution is -0.117. The van der Waals surface area contributed by atoms with Gasteiger partial charge in [-0.25, -0.2) is 4.39 Å². The van der Waals surface area contributed by atoms with E-state index in [0.29, 0.717) is 17.4 Å². The molecule has 0 spiro atoms. The highest BCUT2D eigenvalue weighted by Gasteiger charge is 2.12. The van der Waals surface area contributed by atoms with E-state index in [4.69, 9.17) is 11.6 Å². The summed E-state index contributed by atoms with van der Waals surface area (Å²) in [7, 11) is 3.61. The van der Waals surface area contributed by atoms with E-state index in [1.165, 1.54) is 12.1 Å². The lowest BCUT2D eigenvalue weighted by Gasteiger charge is -2.16. The topological polar surface area (TPSA) is 50.2 Å². The summed E-state index contributed by atoms with van der Waals surface area (Å²) in [6.45, 7) is 0.758. The van der Waals surface area contributed by atoms with Gasteiger partial charge < -0.3 is 5.32 Å². The number of benzene rings is 2. The van der Waals surface area contributed by atoms with E-state index in [9.17, 15) is 9.18 Å². The van der Waals surface area contributed by atoms with Gasteiger partial charge in [0.05, 0.1) is 12.2 Å². The number of halogens is 2. The van der Waals surface area contributed by atoms with Crippen LogP contribution < -0.4 is 5.32 Å². The van der Waals surface area contributed by atoms with Gasteiger partial charge in [0.25, 0.3) is 0 Å². The smallest absolute Gasteiger partial charge is 0.239 e. The molecule has 27 heavy (non-hydrogen) atoms. The van der Waals surface area contributed by atoms with Gasteiger partial charge >= 0.3 is 0 Å². The van der Waals surface area contributed by atoms with Crippen molar-refractivity contribution >= 4 is 23.3 Å². The van der Waals surface area contributed by atoms with E-state index in [1.54, 1.807) is 36.0 Å². The molecule has 0 aliphatic rings. The molecule has 0 atom stereocenters. The number of aryl methyl sites for hydroxylation is 1. The first kappa shape index (κ1) is 19.1. The zero-order valence-corrected chi connectivity index (χ0v) is 15.9. The third-order valence-electron chi connectivity index (χ3n) is 4.07. The van der Waals surface area contributed by atoms with E-state index >= 15 is 0 Å². The molecule has 3 aromatic rings. The largest absolute Gasteiger partial charge is 0.310 e. The molecule has 0 saturated carbocycles. The van der Waals surface area contributed by atoms with Crippen molar-refractivity contribution in [2.24, 2.45) is 7.05 Å². The van der Waals surface area contributed by atoms with E-state index in [-0.39, 0.29) is 18.3 Å². The minimum Gasteiger partial charge on any atom is -0.310 e. The molecular weight excluding hydrogens is 367 g/mol. The highest BCUT2D eigenvalue weighted by molar-refractivity contribution is 6.30. The van der Waals surface area contributed by atoms with Crippen LogP contribution in [0.4, 0.5) is 10.2 Å². The summed E-state index contributed by atoms with van der Waals surface area (Å²) in [5.74, 6) is 0.192. The minimum atomic E-state index is -0.271. The van der Waals surface area contributed by atoms with E-state index in [0.717, 1.165) is 16.8 Å². The summed E-state index contributed by atoms with van der Waals surface area (Å²) in [4.78, 5) is 14.2. The maximum Gasteiger partial charge on any atom is 0.239 e. The number of hydrogen-bond donors (Lipinski definition) is 1. The molecular formula is C20H20ClFN4O. The first-order valence-corrected chi connectivity index (χ1v) is 8.81. The van der Waals surface area contributed by atoms with Gasteiger partial charge in [-0.3, -0.25) is 14.4 Å². The first-order chi connectivity index (χ1) is 12.9. The van der Waals surface area contributed by atoms with Gasteiger partial charge in [-0.05, 0) is 36.9 Å². The summed E-state index contributed by atoms with van der Waals surface area (Å²) in [5, 5.41) is 7.96. The maximum absolute atomic E-state index is 13.0. The summed E-state index contributed by atoms with van der Waals surface area (Å²) >= 11 is 5.91. The Kier molecular flexibility index (Phi) is 5.88. The number of likely N-dealkylation sites (N-methyl/N-ethyl adjacent to an activating group) is 1. The van der Waals surface area contributed by atoms with Crippen molar-refractivity contribution in [3.05, 3.63) is 71.0 Å². The van der Waals surface area contributed by atoms with E-state index in [2.05, 4.69) is 10.4 Å². The molecule has 0 bridgehead atoms. The number of anilines is 1. The molecule has 1 aromatic heterocycles. The molecule has 5 nitrogen and oxygen atoms in total. The van der Waals surface area contributed by atoms with Gasteiger partial charge in [0.1, 0.15) is 11.6 Å². The molecule has 140 valence electrons. The Balaban J connectivity index is 1.60. The van der Waals surface area contributed by atoms with Crippen molar-refractivity contribution in [3.8, 4) is 11.3 Å². The van der Waals surface area contributed by atoms with Gasteiger partial charge in [-0.1, -0.05) is 35.9 Å². The number of rotatable bonds is 6. The molecule has 1 amide bonds. The van der Waals surface area contributed by atoms with Gasteiger partial charge in [0, 0.05) is 30.2 Å². The Morgan fingerprint density at radius 1 is 1.19 bits per heavy atom. The second kappa shape index (κ2) is 8.33. The number of nitrogens with one attached hydrogen (secondary N) is 1. The Labute approximate surface area is 162 Å². The summed E-state index contributed by atoms with van der Waals surface area (Å²) < 4.78 is 14.6. The van der Waals surface area contributed by atoms with Crippen molar-refractivity contribution in [3.63, 3.8) is 0 Å². The number of nitrogens with zero attached hydrogens (tertiary/aromatic N) is 3. The van der Waals surface area contributed by atoms with E-state index in [1.807, 2.05) is 30.1 Å². The minimum absolute atomic E-state index is 0.148. The van der Waals surface area contributed by atoms with Crippen LogP contribution in [-0.2, 0) is 18.4 Å². The molecule has 1 N–H and O–H groups in total. The lowest BCUT2D eigenvalue weighted by Crippen LogP contribution is -2.30. The van der Waals surface area contributed by atoms with Crippen molar-refractivity contribution in [2.45, 2.75) is 6.54 Å². The molecule has 3 rings (SSSR count). The quantitative estimate of drug-likeness (QED) is 0.697. The SMILES string of the molecule is CN(CC(=O)Nc1cc(-c2ccc(Cl)cc2)nn1C)Cc1ccc(F)cc1. The van der Waals surface area contributed by atoms with Crippen LogP contribution >= 0.6 is 11.6 Å². The molecule has 2 aromatic carbocycles. The van der Waals surface area contributed by atoms with Crippen LogP contribution in [-0.4, -0.2) is 34.2 Å². The van der Waals surface area contributed by atoms with Crippen LogP contribution in [0.5, 0.6) is 0 Å². The van der Waals surface area contributed by atoms with Crippen molar-refractivity contribution in [1.82, 2.24) is 14.7 Å². The van der Waals surface area contributed by atoms with Crippen molar-refractivity contribution < 1.29 is 9.18 Å². The molecule has 7 heteroatoms. The molecule has 1 heterocycles. The Bertz CT molecular complexity index is 922. The number of carbonyl (C=O) groups is 1. The fourth-order valence-corrected chi connectivity index (χ4v) is 2.86. The summed E-state index contributed by atoms with van der Waals surface area (Å²) in [5.41, 5.74) is 2.62. The zero-order valence-electron chi connectivity index (χ0n) is 15.1. The van der Waals surface area contributed by atoms with Crippen LogP contribution in [0, 0.1) is 5.82 Å². The second-order valence-electron chi connectivity index (χ2n) is 6.39. The summed E-state index contributed by atoms with van der Waals surface area (Å²) in [6.07, 6.45) is 0. The monoisotopic (exact) mass is 386 g/mol. The number of hydrogen-bond acceptors (Lipinski definition) is 3. The average molecular weight is 387 g/mol. The Morgan fingerprint density at radius 2 is 1.85 bits per heavy atom. The fourth-order valence-electron chi connectivity index (χ4n) is 2.73. The van der Waals surface area contributed by atoms with Crippen LogP contribution in [0.2, 0.25) is 5.02 Å². The van der Waals surface area contributed by atoms with Crippen LogP contribution in [0.3, 0.4) is 0 Å². The molecule has 0 unspecified atom stereocenters. The van der Waals surface area contributed by atoms with Crippen molar-refractivity contribution in [2.75, 3.05) is 18.9 Å². The Hall–Kier alpha value is -2.70. The number of aromatic nitrogens is 2. The van der Waals surface area contributed by atoms with Crippen molar-refractivity contribution in [1.29, 1.82) is 0 Å². The molecule has 0 radical (unpaired) electrons. The predicted molar refractivity (Wildman–Crippen MR) is 105 cm³/mol. The standard InChI is InChI=1S/C20H20ClFN4O/c1-25(12-14-3-9-17(22)10-4-14)13-20(27)23-19-11-18(24-26(19)2)15-5-7-16(21)8-6-15/h3-11H,12-13H2,1-2H3,(H,23,27). The lowest BCUT2D eigenvalue weighted by atomic mass is 10.1. The zero-order chi connectivity index (χ0) is 19.4. The van der Waals surface area contributed by atoms with Crippen LogP contribution in [0.15, 0.2) is 54.6 Å². The first-order valence-electron chi connectivity index (χ1n) is 8.43. The third-order valence-corrected chi connectivity index (χ3v) is 4.32.